The van der Waals surface area contributed by atoms with E-state index in [1.807, 2.05) is 22.9 Å². The lowest BCUT2D eigenvalue weighted by Gasteiger charge is -2.07. The molecule has 108 valence electrons. The zero-order valence-corrected chi connectivity index (χ0v) is 14.4. The lowest BCUT2D eigenvalue weighted by Crippen LogP contribution is -2.48. The molecule has 0 fully saturated rings. The Morgan fingerprint density at radius 3 is 2.33 bits per heavy atom. The third-order valence-electron chi connectivity index (χ3n) is 3.57. The molecule has 3 heteroatoms. The van der Waals surface area contributed by atoms with Crippen molar-refractivity contribution < 1.29 is 9.26 Å². The minimum atomic E-state index is -0.106. The lowest BCUT2D eigenvalue weighted by atomic mass is 10.1. The highest BCUT2D eigenvalue weighted by Gasteiger charge is 2.33. The van der Waals surface area contributed by atoms with Gasteiger partial charge in [-0.25, -0.2) is 4.52 Å². The molecule has 1 aromatic heterocycles. The number of benzene rings is 2. The number of aryl methyl sites for hydroxylation is 1. The Kier molecular flexibility index (Phi) is 3.40. The summed E-state index contributed by atoms with van der Waals surface area (Å²) in [6, 6.07) is 14.6. The predicted molar refractivity (Wildman–Crippen MR) is 89.3 cm³/mol. The monoisotopic (exact) mass is 344 g/mol. The molecule has 2 aromatic carbocycles. The molecule has 0 radical (unpaired) electrons. The highest BCUT2D eigenvalue weighted by atomic mass is 79.9. The van der Waals surface area contributed by atoms with Crippen LogP contribution in [0.5, 0.6) is 0 Å². The van der Waals surface area contributed by atoms with Gasteiger partial charge in [0, 0.05) is 36.9 Å². The summed E-state index contributed by atoms with van der Waals surface area (Å²) in [4.78, 5) is 0. The zero-order valence-electron chi connectivity index (χ0n) is 12.8. The first-order valence-electron chi connectivity index (χ1n) is 7.09. The van der Waals surface area contributed by atoms with E-state index in [2.05, 4.69) is 67.9 Å². The van der Waals surface area contributed by atoms with Crippen molar-refractivity contribution in [2.24, 2.45) is 0 Å². The number of halogens is 1. The molecule has 0 atom stereocenters. The van der Waals surface area contributed by atoms with Crippen LogP contribution in [0.4, 0.5) is 0 Å². The van der Waals surface area contributed by atoms with Gasteiger partial charge >= 0.3 is 0 Å². The van der Waals surface area contributed by atoms with E-state index in [-0.39, 0.29) is 5.54 Å². The quantitative estimate of drug-likeness (QED) is 0.553. The van der Waals surface area contributed by atoms with Gasteiger partial charge in [-0.2, -0.15) is 0 Å². The molecule has 0 saturated heterocycles. The van der Waals surface area contributed by atoms with Crippen LogP contribution in [0.2, 0.25) is 0 Å². The third kappa shape index (κ3) is 2.51. The molecular formula is C18H19BrNO+. The summed E-state index contributed by atoms with van der Waals surface area (Å²) in [5.74, 6) is 0.918. The molecule has 0 saturated carbocycles. The van der Waals surface area contributed by atoms with Crippen LogP contribution in [-0.2, 0) is 5.54 Å². The average molecular weight is 345 g/mol. The lowest BCUT2D eigenvalue weighted by molar-refractivity contribution is -0.886. The molecule has 0 spiro atoms. The van der Waals surface area contributed by atoms with Gasteiger partial charge in [0.15, 0.2) is 0 Å². The van der Waals surface area contributed by atoms with E-state index in [0.29, 0.717) is 0 Å². The maximum Gasteiger partial charge on any atom is 0.263 e. The van der Waals surface area contributed by atoms with Gasteiger partial charge in [-0.05, 0) is 23.3 Å². The summed E-state index contributed by atoms with van der Waals surface area (Å²) >= 11 is 3.63. The second-order valence-corrected chi connectivity index (χ2v) is 7.22. The minimum absolute atomic E-state index is 0.106. The summed E-state index contributed by atoms with van der Waals surface area (Å²) in [6.45, 7) is 8.57. The number of nitrogens with zero attached hydrogens (tertiary/aromatic N) is 1. The Labute approximate surface area is 133 Å². The number of fused-ring (bicyclic) bond motifs is 1. The first-order valence-corrected chi connectivity index (χ1v) is 7.88. The van der Waals surface area contributed by atoms with Crippen molar-refractivity contribution in [1.82, 2.24) is 0 Å². The third-order valence-corrected chi connectivity index (χ3v) is 4.42. The van der Waals surface area contributed by atoms with Crippen molar-refractivity contribution in [3.8, 4) is 11.3 Å². The van der Waals surface area contributed by atoms with Crippen LogP contribution in [0.25, 0.3) is 22.2 Å². The molecule has 0 aliphatic carbocycles. The van der Waals surface area contributed by atoms with Gasteiger partial charge in [-0.15, -0.1) is 0 Å². The van der Waals surface area contributed by atoms with Crippen LogP contribution < -0.4 is 4.74 Å². The maximum absolute atomic E-state index is 6.22. The van der Waals surface area contributed by atoms with Crippen LogP contribution in [-0.4, -0.2) is 0 Å². The van der Waals surface area contributed by atoms with E-state index in [4.69, 9.17) is 4.52 Å². The van der Waals surface area contributed by atoms with Gasteiger partial charge in [-0.1, -0.05) is 46.3 Å². The van der Waals surface area contributed by atoms with Crippen LogP contribution in [0.15, 0.2) is 51.5 Å². The largest absolute Gasteiger partial charge is 0.263 e. The van der Waals surface area contributed by atoms with E-state index >= 15 is 0 Å². The Morgan fingerprint density at radius 1 is 1.05 bits per heavy atom. The smallest absolute Gasteiger partial charge is 0.234 e. The van der Waals surface area contributed by atoms with Crippen molar-refractivity contribution in [3.05, 3.63) is 52.5 Å². The van der Waals surface area contributed by atoms with Gasteiger partial charge in [0.05, 0.1) is 0 Å². The van der Waals surface area contributed by atoms with E-state index < -0.39 is 0 Å². The van der Waals surface area contributed by atoms with Gasteiger partial charge in [0.2, 0.25) is 11.3 Å². The Hall–Kier alpha value is -1.61. The molecule has 21 heavy (non-hydrogen) atoms. The number of hydrogen-bond acceptors (Lipinski definition) is 1. The van der Waals surface area contributed by atoms with Gasteiger partial charge in [0.25, 0.3) is 5.52 Å². The van der Waals surface area contributed by atoms with Crippen molar-refractivity contribution in [2.45, 2.75) is 33.2 Å². The summed E-state index contributed by atoms with van der Waals surface area (Å²) in [6.07, 6.45) is 0. The van der Waals surface area contributed by atoms with Crippen molar-refractivity contribution in [1.29, 1.82) is 0 Å². The van der Waals surface area contributed by atoms with Gasteiger partial charge < -0.3 is 0 Å². The fourth-order valence-electron chi connectivity index (χ4n) is 2.50. The highest BCUT2D eigenvalue weighted by Crippen LogP contribution is 2.32. The molecule has 3 aromatic rings. The SMILES string of the molecule is Cc1cc2c(cc1Br)c(-c1ccccc1)o[n+]2C(C)(C)C. The van der Waals surface area contributed by atoms with E-state index in [9.17, 15) is 0 Å². The summed E-state index contributed by atoms with van der Waals surface area (Å²) in [5.41, 5.74) is 3.33. The topological polar surface area (TPSA) is 17.0 Å². The Bertz CT molecular complexity index is 797. The fourth-order valence-corrected chi connectivity index (χ4v) is 2.85. The molecular weight excluding hydrogens is 326 g/mol. The molecule has 2 nitrogen and oxygen atoms in total. The Morgan fingerprint density at radius 2 is 1.71 bits per heavy atom. The summed E-state index contributed by atoms with van der Waals surface area (Å²) in [5, 5.41) is 1.13. The maximum atomic E-state index is 6.22. The van der Waals surface area contributed by atoms with Crippen molar-refractivity contribution in [2.75, 3.05) is 0 Å². The Balaban J connectivity index is 2.38. The molecule has 0 aliphatic rings. The number of aromatic nitrogens is 1. The number of rotatable bonds is 1. The van der Waals surface area contributed by atoms with Crippen molar-refractivity contribution >= 4 is 26.8 Å². The summed E-state index contributed by atoms with van der Waals surface area (Å²) < 4.78 is 9.33. The number of hydrogen-bond donors (Lipinski definition) is 0. The molecule has 1 heterocycles. The van der Waals surface area contributed by atoms with E-state index in [1.165, 1.54) is 5.56 Å². The molecule has 0 aliphatic heterocycles. The average Bonchev–Trinajstić information content (AvgIpc) is 2.79. The van der Waals surface area contributed by atoms with Crippen LogP contribution in [0, 0.1) is 6.92 Å². The molecule has 0 amide bonds. The predicted octanol–water partition coefficient (Wildman–Crippen LogP) is 5.21. The molecule has 0 bridgehead atoms. The van der Waals surface area contributed by atoms with Crippen molar-refractivity contribution in [3.63, 3.8) is 0 Å². The second kappa shape index (κ2) is 4.99. The molecule has 0 unspecified atom stereocenters. The first-order chi connectivity index (χ1) is 9.88. The van der Waals surface area contributed by atoms with E-state index in [1.54, 1.807) is 0 Å². The van der Waals surface area contributed by atoms with Gasteiger partial charge in [0.1, 0.15) is 5.39 Å². The summed E-state index contributed by atoms with van der Waals surface area (Å²) in [7, 11) is 0. The van der Waals surface area contributed by atoms with Crippen LogP contribution in [0.3, 0.4) is 0 Å². The fraction of sp³-hybridized carbons (Fsp3) is 0.278. The normalized spacial score (nSPS) is 12.0. The second-order valence-electron chi connectivity index (χ2n) is 6.37. The van der Waals surface area contributed by atoms with Crippen LogP contribution in [0.1, 0.15) is 26.3 Å². The van der Waals surface area contributed by atoms with Crippen LogP contribution >= 0.6 is 15.9 Å². The standard InChI is InChI=1S/C18H19BrNO/c1-12-10-16-14(11-15(12)19)17(13-8-6-5-7-9-13)21-20(16)18(2,3)4/h5-11H,1-4H3/q+1. The van der Waals surface area contributed by atoms with Gasteiger partial charge in [-0.3, -0.25) is 0 Å². The zero-order chi connectivity index (χ0) is 15.2. The highest BCUT2D eigenvalue weighted by molar-refractivity contribution is 9.10. The first kappa shape index (κ1) is 14.3. The minimum Gasteiger partial charge on any atom is -0.234 e. The molecule has 3 rings (SSSR count). The van der Waals surface area contributed by atoms with E-state index in [0.717, 1.165) is 26.7 Å². The molecule has 0 N–H and O–H groups in total.